The molecule has 0 spiro atoms. The minimum Gasteiger partial charge on any atom is -0.397 e. The van der Waals surface area contributed by atoms with Gasteiger partial charge in [-0.05, 0) is 24.3 Å². The Kier molecular flexibility index (Phi) is 3.24. The van der Waals surface area contributed by atoms with E-state index in [4.69, 9.17) is 40.5 Å². The molecule has 0 amide bonds. The average molecular weight is 274 g/mol. The Labute approximate surface area is 108 Å². The van der Waals surface area contributed by atoms with Gasteiger partial charge in [-0.3, -0.25) is 4.98 Å². The van der Waals surface area contributed by atoms with Gasteiger partial charge in [0.25, 0.3) is 0 Å². The second-order valence-electron chi connectivity index (χ2n) is 3.16. The average Bonchev–Trinajstić information content (AvgIpc) is 2.27. The zero-order chi connectivity index (χ0) is 11.7. The molecule has 2 nitrogen and oxygen atoms in total. The lowest BCUT2D eigenvalue weighted by Crippen LogP contribution is -1.94. The van der Waals surface area contributed by atoms with Gasteiger partial charge in [0.15, 0.2) is 0 Å². The molecule has 0 aliphatic rings. The van der Waals surface area contributed by atoms with Gasteiger partial charge < -0.3 is 5.73 Å². The fourth-order valence-corrected chi connectivity index (χ4v) is 2.08. The van der Waals surface area contributed by atoms with Crippen molar-refractivity contribution in [2.24, 2.45) is 0 Å². The summed E-state index contributed by atoms with van der Waals surface area (Å²) in [5.41, 5.74) is 7.43. The molecule has 82 valence electrons. The molecule has 0 radical (unpaired) electrons. The fourth-order valence-electron chi connectivity index (χ4n) is 1.37. The second-order valence-corrected chi connectivity index (χ2v) is 4.35. The largest absolute Gasteiger partial charge is 0.397 e. The third-order valence-corrected chi connectivity index (χ3v) is 3.24. The van der Waals surface area contributed by atoms with Gasteiger partial charge in [0, 0.05) is 11.8 Å². The second kappa shape index (κ2) is 4.50. The minimum atomic E-state index is 0.361. The summed E-state index contributed by atoms with van der Waals surface area (Å²) in [6, 6.07) is 6.77. The van der Waals surface area contributed by atoms with E-state index in [9.17, 15) is 0 Å². The van der Waals surface area contributed by atoms with E-state index < -0.39 is 0 Å². The predicted octanol–water partition coefficient (Wildman–Crippen LogP) is 4.29. The molecule has 2 aromatic rings. The van der Waals surface area contributed by atoms with Gasteiger partial charge in [-0.2, -0.15) is 0 Å². The van der Waals surface area contributed by atoms with Crippen LogP contribution in [-0.4, -0.2) is 4.98 Å². The van der Waals surface area contributed by atoms with Crippen LogP contribution in [0.25, 0.3) is 11.3 Å². The topological polar surface area (TPSA) is 38.9 Å². The van der Waals surface area contributed by atoms with Crippen molar-refractivity contribution in [1.29, 1.82) is 0 Å². The van der Waals surface area contributed by atoms with Crippen LogP contribution in [0.1, 0.15) is 0 Å². The lowest BCUT2D eigenvalue weighted by atomic mass is 10.1. The maximum atomic E-state index is 6.09. The van der Waals surface area contributed by atoms with Crippen molar-refractivity contribution in [3.8, 4) is 11.3 Å². The summed E-state index contributed by atoms with van der Waals surface area (Å²) in [5, 5.41) is 1.26. The van der Waals surface area contributed by atoms with Crippen LogP contribution in [0.3, 0.4) is 0 Å². The smallest absolute Gasteiger partial charge is 0.0961 e. The first-order valence-corrected chi connectivity index (χ1v) is 5.59. The quantitative estimate of drug-likeness (QED) is 0.787. The van der Waals surface area contributed by atoms with Crippen molar-refractivity contribution in [3.05, 3.63) is 45.5 Å². The molecule has 1 aromatic carbocycles. The molecule has 1 aromatic heterocycles. The van der Waals surface area contributed by atoms with Crippen molar-refractivity contribution >= 4 is 40.5 Å². The van der Waals surface area contributed by atoms with Gasteiger partial charge in [0.2, 0.25) is 0 Å². The summed E-state index contributed by atoms with van der Waals surface area (Å²) < 4.78 is 0. The van der Waals surface area contributed by atoms with Crippen LogP contribution >= 0.6 is 34.8 Å². The lowest BCUT2D eigenvalue weighted by molar-refractivity contribution is 1.33. The van der Waals surface area contributed by atoms with Gasteiger partial charge in [0.05, 0.1) is 26.4 Å². The SMILES string of the molecule is Nc1cccnc1-c1c(Cl)ccc(Cl)c1Cl. The first-order valence-electron chi connectivity index (χ1n) is 4.45. The van der Waals surface area contributed by atoms with E-state index in [0.717, 1.165) is 0 Å². The monoisotopic (exact) mass is 272 g/mol. The van der Waals surface area contributed by atoms with Crippen LogP contribution in [0.4, 0.5) is 5.69 Å². The number of nitrogens with zero attached hydrogens (tertiary/aromatic N) is 1. The van der Waals surface area contributed by atoms with Crippen molar-refractivity contribution in [1.82, 2.24) is 4.98 Å². The Hall–Kier alpha value is -0.960. The highest BCUT2D eigenvalue weighted by molar-refractivity contribution is 6.46. The molecule has 16 heavy (non-hydrogen) atoms. The van der Waals surface area contributed by atoms with E-state index in [1.54, 1.807) is 30.5 Å². The maximum Gasteiger partial charge on any atom is 0.0961 e. The number of hydrogen-bond donors (Lipinski definition) is 1. The zero-order valence-electron chi connectivity index (χ0n) is 8.05. The Morgan fingerprint density at radius 1 is 1.00 bits per heavy atom. The number of rotatable bonds is 1. The molecule has 1 heterocycles. The standard InChI is InChI=1S/C11H7Cl3N2/c12-6-3-4-7(13)10(14)9(6)11-8(15)2-1-5-16-11/h1-5H,15H2. The zero-order valence-corrected chi connectivity index (χ0v) is 10.3. The van der Waals surface area contributed by atoms with Crippen molar-refractivity contribution in [3.63, 3.8) is 0 Å². The summed E-state index contributed by atoms with van der Waals surface area (Å²) in [6.45, 7) is 0. The number of anilines is 1. The van der Waals surface area contributed by atoms with Gasteiger partial charge in [-0.15, -0.1) is 0 Å². The van der Waals surface area contributed by atoms with Gasteiger partial charge >= 0.3 is 0 Å². The number of hydrogen-bond acceptors (Lipinski definition) is 2. The summed E-state index contributed by atoms with van der Waals surface area (Å²) >= 11 is 18.1. The Morgan fingerprint density at radius 3 is 2.38 bits per heavy atom. The van der Waals surface area contributed by atoms with Crippen LogP contribution in [-0.2, 0) is 0 Å². The highest BCUT2D eigenvalue weighted by Gasteiger charge is 2.14. The molecule has 0 saturated carbocycles. The van der Waals surface area contributed by atoms with Gasteiger partial charge in [-0.25, -0.2) is 0 Å². The lowest BCUT2D eigenvalue weighted by Gasteiger charge is -2.09. The number of nitrogen functional groups attached to an aromatic ring is 1. The van der Waals surface area contributed by atoms with Crippen molar-refractivity contribution in [2.45, 2.75) is 0 Å². The molecule has 0 aliphatic carbocycles. The first kappa shape index (κ1) is 11.5. The molecule has 5 heteroatoms. The fraction of sp³-hybridized carbons (Fsp3) is 0. The van der Waals surface area contributed by atoms with Gasteiger partial charge in [-0.1, -0.05) is 34.8 Å². The molecular formula is C11H7Cl3N2. The maximum absolute atomic E-state index is 6.09. The number of benzene rings is 1. The summed E-state index contributed by atoms with van der Waals surface area (Å²) in [7, 11) is 0. The van der Waals surface area contributed by atoms with E-state index in [-0.39, 0.29) is 0 Å². The number of nitrogens with two attached hydrogens (primary N) is 1. The van der Waals surface area contributed by atoms with E-state index in [1.165, 1.54) is 0 Å². The molecular weight excluding hydrogens is 266 g/mol. The summed E-state index contributed by atoms with van der Waals surface area (Å²) in [4.78, 5) is 4.16. The predicted molar refractivity (Wildman–Crippen MR) is 69.1 cm³/mol. The molecule has 2 N–H and O–H groups in total. The molecule has 2 rings (SSSR count). The highest BCUT2D eigenvalue weighted by Crippen LogP contribution is 2.39. The molecule has 0 saturated heterocycles. The number of halogens is 3. The minimum absolute atomic E-state index is 0.361. The number of aromatic nitrogens is 1. The summed E-state index contributed by atoms with van der Waals surface area (Å²) in [6.07, 6.45) is 1.62. The van der Waals surface area contributed by atoms with E-state index in [2.05, 4.69) is 4.98 Å². The summed E-state index contributed by atoms with van der Waals surface area (Å²) in [5.74, 6) is 0. The third kappa shape index (κ3) is 1.96. The Bertz CT molecular complexity index is 541. The van der Waals surface area contributed by atoms with Crippen LogP contribution in [0.5, 0.6) is 0 Å². The highest BCUT2D eigenvalue weighted by atomic mass is 35.5. The first-order chi connectivity index (χ1) is 7.61. The Morgan fingerprint density at radius 2 is 1.69 bits per heavy atom. The molecule has 0 fully saturated rings. The van der Waals surface area contributed by atoms with E-state index >= 15 is 0 Å². The molecule has 0 aliphatic heterocycles. The van der Waals surface area contributed by atoms with E-state index in [0.29, 0.717) is 32.0 Å². The molecule has 0 bridgehead atoms. The molecule has 0 unspecified atom stereocenters. The normalized spacial score (nSPS) is 10.4. The third-order valence-electron chi connectivity index (χ3n) is 2.12. The Balaban J connectivity index is 2.74. The number of pyridine rings is 1. The van der Waals surface area contributed by atoms with Crippen LogP contribution in [0.15, 0.2) is 30.5 Å². The van der Waals surface area contributed by atoms with Crippen LogP contribution in [0, 0.1) is 0 Å². The molecule has 0 atom stereocenters. The van der Waals surface area contributed by atoms with Crippen LogP contribution in [0.2, 0.25) is 15.1 Å². The van der Waals surface area contributed by atoms with Gasteiger partial charge in [0.1, 0.15) is 0 Å². The van der Waals surface area contributed by atoms with Crippen molar-refractivity contribution in [2.75, 3.05) is 5.73 Å². The van der Waals surface area contributed by atoms with Crippen LogP contribution < -0.4 is 5.73 Å². The van der Waals surface area contributed by atoms with Crippen molar-refractivity contribution < 1.29 is 0 Å². The van der Waals surface area contributed by atoms with E-state index in [1.807, 2.05) is 0 Å².